The second-order valence-corrected chi connectivity index (χ2v) is 2.52. The molecule has 0 spiro atoms. The zero-order chi connectivity index (χ0) is 9.94. The van der Waals surface area contributed by atoms with Crippen LogP contribution in [0.1, 0.15) is 33.1 Å². The van der Waals surface area contributed by atoms with Gasteiger partial charge in [0, 0.05) is 6.42 Å². The van der Waals surface area contributed by atoms with Gasteiger partial charge in [-0.1, -0.05) is 0 Å². The smallest absolute Gasteiger partial charge is 0.305 e. The summed E-state index contributed by atoms with van der Waals surface area (Å²) in [5.74, 6) is -0.118. The predicted octanol–water partition coefficient (Wildman–Crippen LogP) is 2.27. The molecule has 0 aromatic carbocycles. The number of unbranched alkanes of at least 4 members (excludes halogenated alkanes) is 1. The highest BCUT2D eigenvalue weighted by Crippen LogP contribution is 1.98. The van der Waals surface area contributed by atoms with Crippen LogP contribution in [0.2, 0.25) is 0 Å². The summed E-state index contributed by atoms with van der Waals surface area (Å²) in [6, 6.07) is 0. The first-order valence-electron chi connectivity index (χ1n) is 4.73. The van der Waals surface area contributed by atoms with Gasteiger partial charge < -0.3 is 9.47 Å². The first kappa shape index (κ1) is 12.0. The third-order valence-electron chi connectivity index (χ3n) is 1.42. The summed E-state index contributed by atoms with van der Waals surface area (Å²) in [5, 5.41) is 0. The fourth-order valence-electron chi connectivity index (χ4n) is 0.830. The molecule has 0 atom stereocenters. The highest BCUT2D eigenvalue weighted by atomic mass is 16.5. The van der Waals surface area contributed by atoms with E-state index in [4.69, 9.17) is 9.47 Å². The Morgan fingerprint density at radius 1 is 1.31 bits per heavy atom. The number of esters is 1. The number of hydrogen-bond donors (Lipinski definition) is 0. The molecular formula is C10H18O3. The third-order valence-corrected chi connectivity index (χ3v) is 1.42. The van der Waals surface area contributed by atoms with Crippen molar-refractivity contribution < 1.29 is 14.3 Å². The highest BCUT2D eigenvalue weighted by molar-refractivity contribution is 5.69. The van der Waals surface area contributed by atoms with Gasteiger partial charge in [-0.15, -0.1) is 0 Å². The van der Waals surface area contributed by atoms with E-state index in [0.29, 0.717) is 19.6 Å². The molecule has 3 nitrogen and oxygen atoms in total. The van der Waals surface area contributed by atoms with Crippen molar-refractivity contribution in [2.75, 3.05) is 13.2 Å². The van der Waals surface area contributed by atoms with Gasteiger partial charge in [-0.25, -0.2) is 0 Å². The molecule has 0 unspecified atom stereocenters. The molecule has 0 aliphatic rings. The quantitative estimate of drug-likeness (QED) is 0.347. The summed E-state index contributed by atoms with van der Waals surface area (Å²) in [7, 11) is 0. The second-order valence-electron chi connectivity index (χ2n) is 2.52. The molecule has 0 saturated heterocycles. The van der Waals surface area contributed by atoms with Crippen LogP contribution in [0.4, 0.5) is 0 Å². The Balaban J connectivity index is 3.20. The first-order valence-corrected chi connectivity index (χ1v) is 4.73. The van der Waals surface area contributed by atoms with Gasteiger partial charge in [0.25, 0.3) is 0 Å². The van der Waals surface area contributed by atoms with E-state index < -0.39 is 0 Å². The lowest BCUT2D eigenvalue weighted by atomic mass is 10.2. The van der Waals surface area contributed by atoms with Crippen LogP contribution < -0.4 is 0 Å². The minimum atomic E-state index is -0.118. The fourth-order valence-corrected chi connectivity index (χ4v) is 0.830. The van der Waals surface area contributed by atoms with Crippen molar-refractivity contribution in [1.82, 2.24) is 0 Å². The normalized spacial score (nSPS) is 10.3. The van der Waals surface area contributed by atoms with E-state index in [2.05, 4.69) is 0 Å². The lowest BCUT2D eigenvalue weighted by Gasteiger charge is -1.99. The molecule has 0 aliphatic carbocycles. The van der Waals surface area contributed by atoms with Crippen LogP contribution >= 0.6 is 0 Å². The molecule has 0 amide bonds. The van der Waals surface area contributed by atoms with Crippen molar-refractivity contribution in [3.05, 3.63) is 12.3 Å². The van der Waals surface area contributed by atoms with Gasteiger partial charge in [-0.05, 0) is 32.8 Å². The van der Waals surface area contributed by atoms with E-state index in [9.17, 15) is 4.79 Å². The summed E-state index contributed by atoms with van der Waals surface area (Å²) in [6.07, 6.45) is 5.76. The van der Waals surface area contributed by atoms with Crippen LogP contribution in [0.3, 0.4) is 0 Å². The van der Waals surface area contributed by atoms with Gasteiger partial charge in [-0.2, -0.15) is 0 Å². The first-order chi connectivity index (χ1) is 6.31. The molecule has 0 rings (SSSR count). The van der Waals surface area contributed by atoms with Gasteiger partial charge in [0.05, 0.1) is 19.5 Å². The maximum Gasteiger partial charge on any atom is 0.305 e. The Morgan fingerprint density at radius 2 is 2.08 bits per heavy atom. The molecular weight excluding hydrogens is 168 g/mol. The van der Waals surface area contributed by atoms with Crippen LogP contribution in [-0.2, 0) is 14.3 Å². The van der Waals surface area contributed by atoms with Crippen molar-refractivity contribution in [3.8, 4) is 0 Å². The van der Waals surface area contributed by atoms with E-state index in [1.54, 1.807) is 6.26 Å². The van der Waals surface area contributed by atoms with Crippen LogP contribution in [0.5, 0.6) is 0 Å². The molecule has 0 aromatic rings. The highest BCUT2D eigenvalue weighted by Gasteiger charge is 1.98. The molecule has 0 aromatic heterocycles. The van der Waals surface area contributed by atoms with Gasteiger partial charge in [0.15, 0.2) is 0 Å². The summed E-state index contributed by atoms with van der Waals surface area (Å²) in [6.45, 7) is 4.90. The van der Waals surface area contributed by atoms with E-state index in [1.807, 2.05) is 19.9 Å². The van der Waals surface area contributed by atoms with Gasteiger partial charge in [-0.3, -0.25) is 4.79 Å². The molecule has 0 aliphatic heterocycles. The zero-order valence-electron chi connectivity index (χ0n) is 8.41. The van der Waals surface area contributed by atoms with Crippen molar-refractivity contribution in [2.24, 2.45) is 0 Å². The maximum atomic E-state index is 10.9. The van der Waals surface area contributed by atoms with Gasteiger partial charge in [0.1, 0.15) is 0 Å². The van der Waals surface area contributed by atoms with Crippen molar-refractivity contribution in [1.29, 1.82) is 0 Å². The largest absolute Gasteiger partial charge is 0.502 e. The van der Waals surface area contributed by atoms with Crippen molar-refractivity contribution in [3.63, 3.8) is 0 Å². The standard InChI is InChI=1S/C10H18O3/c1-3-12-9-7-5-6-8-10(11)13-4-2/h7,9H,3-6,8H2,1-2H3. The summed E-state index contributed by atoms with van der Waals surface area (Å²) < 4.78 is 9.77. The Bertz CT molecular complexity index is 152. The Labute approximate surface area is 79.7 Å². The Hall–Kier alpha value is -0.990. The van der Waals surface area contributed by atoms with E-state index in [0.717, 1.165) is 12.8 Å². The molecule has 0 fully saturated rings. The molecule has 13 heavy (non-hydrogen) atoms. The summed E-state index contributed by atoms with van der Waals surface area (Å²) >= 11 is 0. The molecule has 0 N–H and O–H groups in total. The second kappa shape index (κ2) is 9.10. The summed E-state index contributed by atoms with van der Waals surface area (Å²) in [4.78, 5) is 10.9. The van der Waals surface area contributed by atoms with E-state index in [1.165, 1.54) is 0 Å². The SMILES string of the molecule is CCOC=CCCCC(=O)OCC. The molecule has 0 bridgehead atoms. The third kappa shape index (κ3) is 8.92. The lowest BCUT2D eigenvalue weighted by Crippen LogP contribution is -2.02. The van der Waals surface area contributed by atoms with Crippen molar-refractivity contribution >= 4 is 5.97 Å². The maximum absolute atomic E-state index is 10.9. The number of allylic oxidation sites excluding steroid dienone is 1. The molecule has 0 radical (unpaired) electrons. The molecule has 76 valence electrons. The van der Waals surface area contributed by atoms with Gasteiger partial charge in [0.2, 0.25) is 0 Å². The number of rotatable bonds is 7. The Morgan fingerprint density at radius 3 is 2.69 bits per heavy atom. The van der Waals surface area contributed by atoms with Crippen LogP contribution in [0.25, 0.3) is 0 Å². The van der Waals surface area contributed by atoms with Gasteiger partial charge >= 0.3 is 5.97 Å². The average molecular weight is 186 g/mol. The molecule has 0 saturated carbocycles. The average Bonchev–Trinajstić information content (AvgIpc) is 2.11. The minimum Gasteiger partial charge on any atom is -0.502 e. The minimum absolute atomic E-state index is 0.118. The lowest BCUT2D eigenvalue weighted by molar-refractivity contribution is -0.143. The van der Waals surface area contributed by atoms with Crippen LogP contribution in [0.15, 0.2) is 12.3 Å². The van der Waals surface area contributed by atoms with E-state index >= 15 is 0 Å². The Kier molecular flexibility index (Phi) is 8.41. The fraction of sp³-hybridized carbons (Fsp3) is 0.700. The topological polar surface area (TPSA) is 35.5 Å². The summed E-state index contributed by atoms with van der Waals surface area (Å²) in [5.41, 5.74) is 0. The van der Waals surface area contributed by atoms with Crippen molar-refractivity contribution in [2.45, 2.75) is 33.1 Å². The van der Waals surface area contributed by atoms with E-state index in [-0.39, 0.29) is 5.97 Å². The van der Waals surface area contributed by atoms with Crippen LogP contribution in [-0.4, -0.2) is 19.2 Å². The number of hydrogen-bond acceptors (Lipinski definition) is 3. The number of carbonyl (C=O) groups excluding carboxylic acids is 1. The van der Waals surface area contributed by atoms with Crippen LogP contribution in [0, 0.1) is 0 Å². The predicted molar refractivity (Wildman–Crippen MR) is 51.3 cm³/mol. The zero-order valence-corrected chi connectivity index (χ0v) is 8.41. The molecule has 0 heterocycles. The number of ether oxygens (including phenoxy) is 2. The monoisotopic (exact) mass is 186 g/mol. The number of carbonyl (C=O) groups is 1. The molecule has 3 heteroatoms.